The van der Waals surface area contributed by atoms with Gasteiger partial charge in [-0.25, -0.2) is 0 Å². The van der Waals surface area contributed by atoms with E-state index in [9.17, 15) is 13.9 Å². The first-order valence-corrected chi connectivity index (χ1v) is 22.7. The average Bonchev–Trinajstić information content (AvgIpc) is 3.11. The first-order chi connectivity index (χ1) is 23.5. The molecule has 0 aliphatic heterocycles. The number of Topliss-reactive ketones (excluding diaryl/α,β-unsaturated/α-hetero) is 1. The SMILES string of the molecule is COP(=O)(CN(CCCC(=O)CCCc1ccc(O[P+](=S)N(C)N=Cc2ccc(OP=NP=NP=N)cc2)cc1)CP(=O)(OC)OC)OC. The van der Waals surface area contributed by atoms with Gasteiger partial charge in [0.15, 0.2) is 22.8 Å². The summed E-state index contributed by atoms with van der Waals surface area (Å²) in [5.74, 6) is 1.39. The van der Waals surface area contributed by atoms with Crippen LogP contribution in [-0.2, 0) is 50.2 Å². The fourth-order valence-corrected chi connectivity index (χ4v) is 8.40. The lowest BCUT2D eigenvalue weighted by Gasteiger charge is -2.27. The van der Waals surface area contributed by atoms with Gasteiger partial charge >= 0.3 is 22.3 Å². The highest BCUT2D eigenvalue weighted by Crippen LogP contribution is 2.51. The fourth-order valence-electron chi connectivity index (χ4n) is 3.96. The van der Waals surface area contributed by atoms with Crippen molar-refractivity contribution in [2.45, 2.75) is 32.1 Å². The molecule has 0 aliphatic carbocycles. The molecule has 1 atom stereocenters. The van der Waals surface area contributed by atoms with Gasteiger partial charge < -0.3 is 22.6 Å². The zero-order chi connectivity index (χ0) is 36.1. The maximum Gasteiger partial charge on any atom is 0.540 e. The van der Waals surface area contributed by atoms with Crippen LogP contribution in [0, 0.1) is 5.16 Å². The summed E-state index contributed by atoms with van der Waals surface area (Å²) in [6.45, 7) is 0.332. The second-order valence-corrected chi connectivity index (χ2v) is 18.7. The molecule has 268 valence electrons. The molecule has 0 amide bonds. The van der Waals surface area contributed by atoms with E-state index in [1.165, 1.54) is 28.4 Å². The van der Waals surface area contributed by atoms with Gasteiger partial charge in [0.05, 0.1) is 13.3 Å². The van der Waals surface area contributed by atoms with Crippen molar-refractivity contribution < 1.29 is 41.1 Å². The zero-order valence-corrected chi connectivity index (χ0v) is 34.0. The summed E-state index contributed by atoms with van der Waals surface area (Å²) in [4.78, 5) is 14.2. The fraction of sp³-hybridized carbons (Fsp3) is 0.481. The van der Waals surface area contributed by atoms with Gasteiger partial charge in [0.25, 0.3) is 8.60 Å². The van der Waals surface area contributed by atoms with Gasteiger partial charge in [-0.2, -0.15) is 9.03 Å². The van der Waals surface area contributed by atoms with Gasteiger partial charge in [-0.3, -0.25) is 28.5 Å². The Labute approximate surface area is 298 Å². The first-order valence-electron chi connectivity index (χ1n) is 14.6. The molecule has 0 heterocycles. The topological polar surface area (TPSA) is 174 Å². The second-order valence-electron chi connectivity index (χ2n) is 9.94. The van der Waals surface area contributed by atoms with Crippen LogP contribution in [0.15, 0.2) is 62.7 Å². The van der Waals surface area contributed by atoms with Crippen LogP contribution in [0.1, 0.15) is 36.8 Å². The summed E-state index contributed by atoms with van der Waals surface area (Å²) < 4.78 is 66.2. The molecule has 0 aliphatic rings. The van der Waals surface area contributed by atoms with Crippen molar-refractivity contribution in [1.29, 1.82) is 5.16 Å². The largest absolute Gasteiger partial charge is 0.540 e. The third-order valence-corrected chi connectivity index (χ3v) is 13.8. The van der Waals surface area contributed by atoms with Crippen LogP contribution < -0.4 is 9.05 Å². The van der Waals surface area contributed by atoms with Crippen LogP contribution in [-0.4, -0.2) is 76.3 Å². The second kappa shape index (κ2) is 23.7. The predicted molar refractivity (Wildman–Crippen MR) is 199 cm³/mol. The Morgan fingerprint density at radius 3 is 2.04 bits per heavy atom. The monoisotopic (exact) mass is 811 g/mol. The van der Waals surface area contributed by atoms with Gasteiger partial charge in [0.2, 0.25) is 11.8 Å². The van der Waals surface area contributed by atoms with Crippen LogP contribution in [0.3, 0.4) is 0 Å². The Bertz CT molecular complexity index is 1490. The maximum absolute atomic E-state index is 12.7. The van der Waals surface area contributed by atoms with Crippen molar-refractivity contribution in [2.24, 2.45) is 14.1 Å². The molecule has 0 saturated heterocycles. The number of carbonyl (C=O) groups excluding carboxylic acids is 1. The van der Waals surface area contributed by atoms with Crippen molar-refractivity contribution in [3.05, 3.63) is 59.7 Å². The van der Waals surface area contributed by atoms with Crippen LogP contribution in [0.5, 0.6) is 11.5 Å². The van der Waals surface area contributed by atoms with Crippen molar-refractivity contribution in [1.82, 2.24) is 9.68 Å². The molecule has 0 fully saturated rings. The number of hydrogen-bond acceptors (Lipinski definition) is 13. The molecule has 15 nitrogen and oxygen atoms in total. The van der Waals surface area contributed by atoms with Crippen LogP contribution in [0.25, 0.3) is 0 Å². The molecule has 2 aromatic rings. The van der Waals surface area contributed by atoms with Gasteiger partial charge in [-0.15, -0.1) is 5.10 Å². The van der Waals surface area contributed by atoms with Gasteiger partial charge in [-0.05, 0) is 73.3 Å². The molecular formula is C27H41N6O9P6S+. The molecule has 2 rings (SSSR count). The van der Waals surface area contributed by atoms with Crippen molar-refractivity contribution in [2.75, 3.05) is 54.6 Å². The number of nitrogens with one attached hydrogen (secondary N) is 1. The molecule has 0 aromatic heterocycles. The highest BCUT2D eigenvalue weighted by Gasteiger charge is 2.31. The van der Waals surface area contributed by atoms with Gasteiger partial charge in [0, 0.05) is 41.3 Å². The molecule has 22 heteroatoms. The highest BCUT2D eigenvalue weighted by atomic mass is 32.4. The normalized spacial score (nSPS) is 12.8. The third kappa shape index (κ3) is 17.4. The predicted octanol–water partition coefficient (Wildman–Crippen LogP) is 9.76. The van der Waals surface area contributed by atoms with E-state index in [2.05, 4.69) is 14.1 Å². The Hall–Kier alpha value is -1.74. The molecule has 0 spiro atoms. The van der Waals surface area contributed by atoms with E-state index in [4.69, 9.17) is 44.1 Å². The molecular weight excluding hydrogens is 770 g/mol. The lowest BCUT2D eigenvalue weighted by atomic mass is 10.0. The number of carbonyl (C=O) groups is 1. The van der Waals surface area contributed by atoms with E-state index in [1.54, 1.807) is 35.1 Å². The smallest absolute Gasteiger partial charge is 0.423 e. The number of ketones is 1. The lowest BCUT2D eigenvalue weighted by Crippen LogP contribution is -2.29. The molecule has 49 heavy (non-hydrogen) atoms. The summed E-state index contributed by atoms with van der Waals surface area (Å²) in [5.41, 5.74) is 1.93. The summed E-state index contributed by atoms with van der Waals surface area (Å²) in [7, 11) is -0.341. The van der Waals surface area contributed by atoms with E-state index in [0.717, 1.165) is 17.5 Å². The number of rotatable bonds is 25. The van der Waals surface area contributed by atoms with Crippen LogP contribution >= 0.6 is 47.9 Å². The number of hydrazone groups is 1. The quantitative estimate of drug-likeness (QED) is 0.0572. The van der Waals surface area contributed by atoms with Crippen LogP contribution in [0.4, 0.5) is 0 Å². The van der Waals surface area contributed by atoms with E-state index < -0.39 is 22.3 Å². The Morgan fingerprint density at radius 1 is 0.898 bits per heavy atom. The summed E-state index contributed by atoms with van der Waals surface area (Å²) in [6, 6.07) is 14.9. The van der Waals surface area contributed by atoms with Crippen molar-refractivity contribution in [3.63, 3.8) is 0 Å². The van der Waals surface area contributed by atoms with Gasteiger partial charge in [0.1, 0.15) is 24.1 Å². The highest BCUT2D eigenvalue weighted by molar-refractivity contribution is 8.02. The minimum Gasteiger partial charge on any atom is -0.423 e. The molecule has 2 aromatic carbocycles. The number of aryl methyl sites for hydroxylation is 1. The number of benzene rings is 2. The van der Waals surface area contributed by atoms with Crippen molar-refractivity contribution in [3.8, 4) is 11.5 Å². The van der Waals surface area contributed by atoms with E-state index in [-0.39, 0.29) is 26.9 Å². The summed E-state index contributed by atoms with van der Waals surface area (Å²) in [5, 5.41) is 11.3. The summed E-state index contributed by atoms with van der Waals surface area (Å²) >= 11 is 5.52. The van der Waals surface area contributed by atoms with E-state index >= 15 is 0 Å². The minimum atomic E-state index is -3.42. The van der Waals surface area contributed by atoms with Crippen LogP contribution in [0.2, 0.25) is 0 Å². The Kier molecular flexibility index (Phi) is 21.0. The standard InChI is InChI=1S/C27H41N6O9P6S/c1-32(29-20-24-13-15-26(16-14-24)41-45-31-44-30-43-28)46(49)42-27-17-11-23(12-18-27)8-6-9-25(34)10-7-19-33(21-47(35,37-2)38-3)22-48(36,39-4)40-5/h11-18,20,28H,6-10,19,21-22H2,1-5H3/q+1. The van der Waals surface area contributed by atoms with E-state index in [0.29, 0.717) is 60.9 Å². The molecule has 0 radical (unpaired) electrons. The lowest BCUT2D eigenvalue weighted by molar-refractivity contribution is -0.119. The minimum absolute atomic E-state index is 0.104. The Balaban J connectivity index is 1.77. The zero-order valence-electron chi connectivity index (χ0n) is 27.9. The van der Waals surface area contributed by atoms with Gasteiger partial charge in [-0.1, -0.05) is 16.9 Å². The summed E-state index contributed by atoms with van der Waals surface area (Å²) in [6.07, 6.45) is 4.06. The third-order valence-electron chi connectivity index (χ3n) is 6.61. The molecule has 1 N–H and O–H groups in total. The number of nitrogens with zero attached hydrogens (tertiary/aromatic N) is 5. The maximum atomic E-state index is 12.7. The van der Waals surface area contributed by atoms with E-state index in [1.807, 2.05) is 36.4 Å². The molecule has 1 unspecified atom stereocenters. The molecule has 0 bridgehead atoms. The molecule has 0 saturated carbocycles. The number of hydrogen-bond donors (Lipinski definition) is 1. The van der Waals surface area contributed by atoms with Crippen molar-refractivity contribution >= 4 is 71.7 Å². The Morgan fingerprint density at radius 2 is 1.47 bits per heavy atom. The average molecular weight is 812 g/mol. The first kappa shape index (κ1) is 43.4.